The number of aromatic hydroxyl groups is 1. The number of thiocarbonyl (C=S) groups is 1. The van der Waals surface area contributed by atoms with E-state index < -0.39 is 0 Å². The SMILES string of the molecule is COCCNC(=S)NN=Cc1c(O)ccc2ccccc12. The van der Waals surface area contributed by atoms with Crippen molar-refractivity contribution in [2.75, 3.05) is 20.3 Å². The molecule has 0 aliphatic carbocycles. The molecule has 2 aromatic rings. The van der Waals surface area contributed by atoms with Gasteiger partial charge in [0.25, 0.3) is 0 Å². The second-order valence-electron chi connectivity index (χ2n) is 4.34. The number of benzene rings is 2. The van der Waals surface area contributed by atoms with Crippen LogP contribution in [0.5, 0.6) is 5.75 Å². The first-order valence-corrected chi connectivity index (χ1v) is 6.89. The lowest BCUT2D eigenvalue weighted by Gasteiger charge is -2.07. The van der Waals surface area contributed by atoms with Crippen molar-refractivity contribution in [2.45, 2.75) is 0 Å². The molecule has 0 spiro atoms. The zero-order valence-corrected chi connectivity index (χ0v) is 12.5. The van der Waals surface area contributed by atoms with Crippen LogP contribution in [0, 0.1) is 0 Å². The molecule has 0 unspecified atom stereocenters. The highest BCUT2D eigenvalue weighted by Crippen LogP contribution is 2.25. The Labute approximate surface area is 128 Å². The Balaban J connectivity index is 2.07. The molecule has 0 saturated carbocycles. The quantitative estimate of drug-likeness (QED) is 0.341. The van der Waals surface area contributed by atoms with E-state index in [0.717, 1.165) is 10.8 Å². The summed E-state index contributed by atoms with van der Waals surface area (Å²) in [4.78, 5) is 0. The number of fused-ring (bicyclic) bond motifs is 1. The molecule has 5 nitrogen and oxygen atoms in total. The van der Waals surface area contributed by atoms with E-state index in [-0.39, 0.29) is 5.75 Å². The molecule has 21 heavy (non-hydrogen) atoms. The zero-order chi connectivity index (χ0) is 15.1. The molecule has 0 fully saturated rings. The van der Waals surface area contributed by atoms with Gasteiger partial charge in [-0.1, -0.05) is 30.3 Å². The summed E-state index contributed by atoms with van der Waals surface area (Å²) in [5.74, 6) is 0.178. The molecular weight excluding hydrogens is 286 g/mol. The fourth-order valence-electron chi connectivity index (χ4n) is 1.88. The molecule has 0 saturated heterocycles. The lowest BCUT2D eigenvalue weighted by Crippen LogP contribution is -2.34. The lowest BCUT2D eigenvalue weighted by atomic mass is 10.0. The summed E-state index contributed by atoms with van der Waals surface area (Å²) in [6, 6.07) is 11.3. The van der Waals surface area contributed by atoms with Crippen LogP contribution in [0.4, 0.5) is 0 Å². The number of phenolic OH excluding ortho intramolecular Hbond substituents is 1. The van der Waals surface area contributed by atoms with E-state index in [2.05, 4.69) is 15.8 Å². The Morgan fingerprint density at radius 3 is 2.95 bits per heavy atom. The van der Waals surface area contributed by atoms with E-state index in [9.17, 15) is 5.11 Å². The average Bonchev–Trinajstić information content (AvgIpc) is 2.50. The van der Waals surface area contributed by atoms with Crippen LogP contribution < -0.4 is 10.7 Å². The Morgan fingerprint density at radius 1 is 1.33 bits per heavy atom. The third kappa shape index (κ3) is 4.14. The fraction of sp³-hybridized carbons (Fsp3) is 0.200. The van der Waals surface area contributed by atoms with Gasteiger partial charge in [0.1, 0.15) is 5.75 Å². The Morgan fingerprint density at radius 2 is 2.14 bits per heavy atom. The first kappa shape index (κ1) is 15.2. The van der Waals surface area contributed by atoms with E-state index in [1.54, 1.807) is 19.4 Å². The number of nitrogens with one attached hydrogen (secondary N) is 2. The molecule has 0 aliphatic rings. The van der Waals surface area contributed by atoms with Crippen molar-refractivity contribution in [3.63, 3.8) is 0 Å². The molecule has 3 N–H and O–H groups in total. The molecule has 0 bridgehead atoms. The van der Waals surface area contributed by atoms with Crippen molar-refractivity contribution >= 4 is 34.3 Å². The molecule has 0 amide bonds. The van der Waals surface area contributed by atoms with Crippen molar-refractivity contribution in [3.8, 4) is 5.75 Å². The van der Waals surface area contributed by atoms with Gasteiger partial charge in [-0.05, 0) is 29.1 Å². The van der Waals surface area contributed by atoms with Crippen molar-refractivity contribution in [3.05, 3.63) is 42.0 Å². The summed E-state index contributed by atoms with van der Waals surface area (Å²) in [5.41, 5.74) is 3.36. The van der Waals surface area contributed by atoms with Crippen LogP contribution in [-0.4, -0.2) is 36.7 Å². The van der Waals surface area contributed by atoms with Gasteiger partial charge in [-0.15, -0.1) is 0 Å². The van der Waals surface area contributed by atoms with Crippen LogP contribution in [0.25, 0.3) is 10.8 Å². The summed E-state index contributed by atoms with van der Waals surface area (Å²) in [6.07, 6.45) is 1.56. The lowest BCUT2D eigenvalue weighted by molar-refractivity contribution is 0.204. The molecule has 0 radical (unpaired) electrons. The number of nitrogens with zero attached hydrogens (tertiary/aromatic N) is 1. The standard InChI is InChI=1S/C15H17N3O2S/c1-20-9-8-16-15(21)18-17-10-13-12-5-3-2-4-11(12)6-7-14(13)19/h2-7,10,19H,8-9H2,1H3,(H2,16,18,21). The normalized spacial score (nSPS) is 10.9. The van der Waals surface area contributed by atoms with Crippen LogP contribution in [0.15, 0.2) is 41.5 Å². The van der Waals surface area contributed by atoms with Crippen LogP contribution >= 0.6 is 12.2 Å². The van der Waals surface area contributed by atoms with Gasteiger partial charge in [0, 0.05) is 19.2 Å². The number of phenols is 1. The van der Waals surface area contributed by atoms with Crippen molar-refractivity contribution < 1.29 is 9.84 Å². The highest BCUT2D eigenvalue weighted by atomic mass is 32.1. The summed E-state index contributed by atoms with van der Waals surface area (Å²) < 4.78 is 4.91. The largest absolute Gasteiger partial charge is 0.507 e. The maximum Gasteiger partial charge on any atom is 0.187 e. The second kappa shape index (κ2) is 7.56. The van der Waals surface area contributed by atoms with Gasteiger partial charge in [-0.25, -0.2) is 0 Å². The van der Waals surface area contributed by atoms with Gasteiger partial charge in [0.05, 0.1) is 12.8 Å². The third-order valence-electron chi connectivity index (χ3n) is 2.90. The molecule has 2 rings (SSSR count). The van der Waals surface area contributed by atoms with Crippen molar-refractivity contribution in [1.29, 1.82) is 0 Å². The number of hydrogen-bond acceptors (Lipinski definition) is 4. The third-order valence-corrected chi connectivity index (χ3v) is 3.13. The first-order valence-electron chi connectivity index (χ1n) is 6.49. The van der Waals surface area contributed by atoms with Gasteiger partial charge >= 0.3 is 0 Å². The summed E-state index contributed by atoms with van der Waals surface area (Å²) >= 11 is 5.06. The molecule has 110 valence electrons. The average molecular weight is 303 g/mol. The monoisotopic (exact) mass is 303 g/mol. The Bertz CT molecular complexity index is 658. The maximum atomic E-state index is 9.96. The van der Waals surface area contributed by atoms with Gasteiger partial charge in [0.2, 0.25) is 0 Å². The van der Waals surface area contributed by atoms with E-state index >= 15 is 0 Å². The fourth-order valence-corrected chi connectivity index (χ4v) is 2.04. The smallest absolute Gasteiger partial charge is 0.187 e. The van der Waals surface area contributed by atoms with E-state index in [0.29, 0.717) is 23.8 Å². The second-order valence-corrected chi connectivity index (χ2v) is 4.75. The highest BCUT2D eigenvalue weighted by molar-refractivity contribution is 7.80. The van der Waals surface area contributed by atoms with Gasteiger partial charge in [-0.3, -0.25) is 5.43 Å². The number of ether oxygens (including phenoxy) is 1. The number of hydrogen-bond donors (Lipinski definition) is 3. The Kier molecular flexibility index (Phi) is 5.48. The van der Waals surface area contributed by atoms with Crippen LogP contribution in [0.2, 0.25) is 0 Å². The molecule has 2 aromatic carbocycles. The summed E-state index contributed by atoms with van der Waals surface area (Å²) in [5, 5.41) is 19.3. The van der Waals surface area contributed by atoms with Crippen molar-refractivity contribution in [2.24, 2.45) is 5.10 Å². The summed E-state index contributed by atoms with van der Waals surface area (Å²) in [6.45, 7) is 1.17. The first-order chi connectivity index (χ1) is 10.2. The van der Waals surface area contributed by atoms with Gasteiger partial charge in [0.15, 0.2) is 5.11 Å². The minimum Gasteiger partial charge on any atom is -0.507 e. The van der Waals surface area contributed by atoms with Crippen LogP contribution in [-0.2, 0) is 4.74 Å². The minimum absolute atomic E-state index is 0.178. The molecule has 6 heteroatoms. The topological polar surface area (TPSA) is 65.9 Å². The molecule has 0 heterocycles. The zero-order valence-electron chi connectivity index (χ0n) is 11.7. The van der Waals surface area contributed by atoms with Crippen LogP contribution in [0.1, 0.15) is 5.56 Å². The number of hydrazone groups is 1. The van der Waals surface area contributed by atoms with E-state index in [4.69, 9.17) is 17.0 Å². The van der Waals surface area contributed by atoms with Gasteiger partial charge in [-0.2, -0.15) is 5.10 Å². The van der Waals surface area contributed by atoms with E-state index in [1.165, 1.54) is 0 Å². The Hall–Kier alpha value is -2.18. The van der Waals surface area contributed by atoms with E-state index in [1.807, 2.05) is 30.3 Å². The number of methoxy groups -OCH3 is 1. The van der Waals surface area contributed by atoms with Crippen molar-refractivity contribution in [1.82, 2.24) is 10.7 Å². The molecule has 0 atom stereocenters. The van der Waals surface area contributed by atoms with Crippen LogP contribution in [0.3, 0.4) is 0 Å². The molecular formula is C15H17N3O2S. The highest BCUT2D eigenvalue weighted by Gasteiger charge is 2.04. The van der Waals surface area contributed by atoms with Gasteiger partial charge < -0.3 is 15.2 Å². The minimum atomic E-state index is 0.178. The summed E-state index contributed by atoms with van der Waals surface area (Å²) in [7, 11) is 1.62. The molecule has 0 aliphatic heterocycles. The number of rotatable bonds is 5. The maximum absolute atomic E-state index is 9.96. The predicted octanol–water partition coefficient (Wildman–Crippen LogP) is 1.99. The predicted molar refractivity (Wildman–Crippen MR) is 88.8 cm³/mol. The molecule has 0 aromatic heterocycles.